The van der Waals surface area contributed by atoms with Crippen LogP contribution in [0, 0.1) is 5.92 Å². The minimum Gasteiger partial charge on any atom is -0.483 e. The number of carbonyl (C=O) groups excluding carboxylic acids is 1. The van der Waals surface area contributed by atoms with Gasteiger partial charge in [0.2, 0.25) is 5.91 Å². The fourth-order valence-electron chi connectivity index (χ4n) is 2.58. The molecule has 0 saturated carbocycles. The van der Waals surface area contributed by atoms with Crippen molar-refractivity contribution in [3.05, 3.63) is 5.82 Å². The summed E-state index contributed by atoms with van der Waals surface area (Å²) in [7, 11) is 0. The summed E-state index contributed by atoms with van der Waals surface area (Å²) in [4.78, 5) is 22.9. The fourth-order valence-corrected chi connectivity index (χ4v) is 2.58. The van der Waals surface area contributed by atoms with E-state index in [0.29, 0.717) is 18.4 Å². The van der Waals surface area contributed by atoms with E-state index < -0.39 is 0 Å². The molecule has 1 unspecified atom stereocenters. The number of nitrogens with one attached hydrogen (secondary N) is 2. The predicted octanol–water partition coefficient (Wildman–Crippen LogP) is 0.0697. The van der Waals surface area contributed by atoms with E-state index >= 15 is 0 Å². The molecule has 9 heteroatoms. The van der Waals surface area contributed by atoms with Gasteiger partial charge in [0.15, 0.2) is 5.82 Å². The third kappa shape index (κ3) is 7.18. The van der Waals surface area contributed by atoms with Gasteiger partial charge in [-0.15, -0.1) is 10.2 Å². The van der Waals surface area contributed by atoms with Crippen molar-refractivity contribution in [2.24, 2.45) is 5.92 Å². The van der Waals surface area contributed by atoms with E-state index in [4.69, 9.17) is 9.90 Å². The Balaban J connectivity index is 0.000000816. The summed E-state index contributed by atoms with van der Waals surface area (Å²) in [5, 5.41) is 23.6. The number of aromatic amines is 1. The number of carbonyl (C=O) groups is 2. The molecular formula is C14H26N6O3. The molecule has 1 aliphatic heterocycles. The number of likely N-dealkylation sites (tertiary alicyclic amines) is 1. The van der Waals surface area contributed by atoms with E-state index in [2.05, 4.69) is 44.7 Å². The Bertz CT molecular complexity index is 451. The van der Waals surface area contributed by atoms with Crippen LogP contribution in [0.2, 0.25) is 0 Å². The van der Waals surface area contributed by atoms with Crippen molar-refractivity contribution in [1.82, 2.24) is 30.8 Å². The first kappa shape index (κ1) is 19.0. The van der Waals surface area contributed by atoms with Crippen molar-refractivity contribution in [3.8, 4) is 0 Å². The van der Waals surface area contributed by atoms with Crippen molar-refractivity contribution in [3.63, 3.8) is 0 Å². The van der Waals surface area contributed by atoms with E-state index in [0.717, 1.165) is 38.8 Å². The Morgan fingerprint density at radius 3 is 2.91 bits per heavy atom. The first-order valence-electron chi connectivity index (χ1n) is 7.90. The van der Waals surface area contributed by atoms with Gasteiger partial charge in [0.1, 0.15) is 0 Å². The summed E-state index contributed by atoms with van der Waals surface area (Å²) >= 11 is 0. The number of tetrazole rings is 1. The molecule has 2 heterocycles. The number of hydrogen-bond acceptors (Lipinski definition) is 6. The number of rotatable bonds is 6. The molecule has 1 saturated heterocycles. The molecule has 0 radical (unpaired) electrons. The monoisotopic (exact) mass is 326 g/mol. The minimum absolute atomic E-state index is 0.135. The van der Waals surface area contributed by atoms with Crippen LogP contribution < -0.4 is 5.32 Å². The number of nitrogens with zero attached hydrogens (tertiary/aromatic N) is 4. The predicted molar refractivity (Wildman–Crippen MR) is 83.6 cm³/mol. The van der Waals surface area contributed by atoms with E-state index in [9.17, 15) is 4.79 Å². The first-order valence-corrected chi connectivity index (χ1v) is 7.90. The molecule has 2 rings (SSSR count). The highest BCUT2D eigenvalue weighted by atomic mass is 16.3. The van der Waals surface area contributed by atoms with Crippen molar-refractivity contribution < 1.29 is 14.7 Å². The standard InChI is InChI=1S/C13H24N6O.CH2O2/c1-10(2)19-8-4-5-11(9-19)13(20)14-7-3-6-12-15-17-18-16-12;2-1-3/h10-11H,3-9H2,1-2H3,(H,14,20)(H,15,16,17,18);1H,(H,2,3). The molecule has 1 aromatic heterocycles. The zero-order chi connectivity index (χ0) is 17.1. The lowest BCUT2D eigenvalue weighted by atomic mass is 9.96. The molecule has 1 fully saturated rings. The topological polar surface area (TPSA) is 124 Å². The van der Waals surface area contributed by atoms with Gasteiger partial charge in [-0.1, -0.05) is 5.21 Å². The van der Waals surface area contributed by atoms with Crippen LogP contribution in [0.5, 0.6) is 0 Å². The smallest absolute Gasteiger partial charge is 0.290 e. The summed E-state index contributed by atoms with van der Waals surface area (Å²) in [6, 6.07) is 0.517. The normalized spacial score (nSPS) is 18.1. The molecule has 130 valence electrons. The van der Waals surface area contributed by atoms with Gasteiger partial charge in [-0.25, -0.2) is 0 Å². The Labute approximate surface area is 135 Å². The van der Waals surface area contributed by atoms with Gasteiger partial charge in [0.25, 0.3) is 6.47 Å². The maximum Gasteiger partial charge on any atom is 0.290 e. The Hall–Kier alpha value is -2.03. The quantitative estimate of drug-likeness (QED) is 0.499. The van der Waals surface area contributed by atoms with Gasteiger partial charge in [0.05, 0.1) is 5.92 Å². The van der Waals surface area contributed by atoms with Crippen LogP contribution in [0.1, 0.15) is 38.9 Å². The van der Waals surface area contributed by atoms with Crippen LogP contribution in [0.3, 0.4) is 0 Å². The maximum absolute atomic E-state index is 12.1. The van der Waals surface area contributed by atoms with E-state index in [1.54, 1.807) is 0 Å². The molecule has 0 aromatic carbocycles. The molecule has 1 amide bonds. The lowest BCUT2D eigenvalue weighted by molar-refractivity contribution is -0.127. The highest BCUT2D eigenvalue weighted by Gasteiger charge is 2.26. The molecule has 0 bridgehead atoms. The largest absolute Gasteiger partial charge is 0.483 e. The molecule has 1 aliphatic rings. The maximum atomic E-state index is 12.1. The van der Waals surface area contributed by atoms with Gasteiger partial charge in [-0.3, -0.25) is 9.59 Å². The van der Waals surface area contributed by atoms with Crippen molar-refractivity contribution in [2.45, 2.75) is 45.6 Å². The lowest BCUT2D eigenvalue weighted by Gasteiger charge is -2.34. The van der Waals surface area contributed by atoms with E-state index in [1.165, 1.54) is 0 Å². The third-order valence-corrected chi connectivity index (χ3v) is 3.82. The highest BCUT2D eigenvalue weighted by molar-refractivity contribution is 5.78. The number of aryl methyl sites for hydroxylation is 1. The van der Waals surface area contributed by atoms with E-state index in [1.807, 2.05) is 0 Å². The molecule has 1 atom stereocenters. The number of carboxylic acid groups (broad SMARTS) is 1. The van der Waals surface area contributed by atoms with E-state index in [-0.39, 0.29) is 18.3 Å². The lowest BCUT2D eigenvalue weighted by Crippen LogP contribution is -2.45. The van der Waals surface area contributed by atoms with Gasteiger partial charge >= 0.3 is 0 Å². The highest BCUT2D eigenvalue weighted by Crippen LogP contribution is 2.18. The van der Waals surface area contributed by atoms with Crippen molar-refractivity contribution in [2.75, 3.05) is 19.6 Å². The van der Waals surface area contributed by atoms with Gasteiger partial charge < -0.3 is 15.3 Å². The number of H-pyrrole nitrogens is 1. The summed E-state index contributed by atoms with van der Waals surface area (Å²) in [5.74, 6) is 1.02. The fraction of sp³-hybridized carbons (Fsp3) is 0.786. The first-order chi connectivity index (χ1) is 11.1. The van der Waals surface area contributed by atoms with Gasteiger partial charge in [-0.2, -0.15) is 5.21 Å². The summed E-state index contributed by atoms with van der Waals surface area (Å²) in [5.41, 5.74) is 0. The van der Waals surface area contributed by atoms with Crippen LogP contribution in [0.4, 0.5) is 0 Å². The molecule has 9 nitrogen and oxygen atoms in total. The average molecular weight is 326 g/mol. The van der Waals surface area contributed by atoms with Crippen LogP contribution in [0.25, 0.3) is 0 Å². The van der Waals surface area contributed by atoms with Crippen molar-refractivity contribution >= 4 is 12.4 Å². The second kappa shape index (κ2) is 10.7. The van der Waals surface area contributed by atoms with Crippen LogP contribution >= 0.6 is 0 Å². The SMILES string of the molecule is CC(C)N1CCCC(C(=O)NCCCc2nn[nH]n2)C1.O=CO. The molecule has 1 aromatic rings. The average Bonchev–Trinajstić information content (AvgIpc) is 3.05. The molecule has 0 aliphatic carbocycles. The third-order valence-electron chi connectivity index (χ3n) is 3.82. The van der Waals surface area contributed by atoms with Crippen LogP contribution in [-0.2, 0) is 16.0 Å². The molecular weight excluding hydrogens is 300 g/mol. The number of hydrogen-bond donors (Lipinski definition) is 3. The van der Waals surface area contributed by atoms with Crippen LogP contribution in [-0.4, -0.2) is 68.7 Å². The second-order valence-electron chi connectivity index (χ2n) is 5.76. The molecule has 3 N–H and O–H groups in total. The summed E-state index contributed by atoms with van der Waals surface area (Å²) in [6.07, 6.45) is 3.68. The van der Waals surface area contributed by atoms with Gasteiger partial charge in [-0.05, 0) is 39.7 Å². The number of aromatic nitrogens is 4. The second-order valence-corrected chi connectivity index (χ2v) is 5.76. The summed E-state index contributed by atoms with van der Waals surface area (Å²) < 4.78 is 0. The Kier molecular flexibility index (Phi) is 8.81. The van der Waals surface area contributed by atoms with Crippen LogP contribution in [0.15, 0.2) is 0 Å². The minimum atomic E-state index is -0.250. The molecule has 23 heavy (non-hydrogen) atoms. The molecule has 0 spiro atoms. The Morgan fingerprint density at radius 2 is 2.30 bits per heavy atom. The van der Waals surface area contributed by atoms with Gasteiger partial charge in [0, 0.05) is 25.6 Å². The number of amides is 1. The van der Waals surface area contributed by atoms with Crippen molar-refractivity contribution in [1.29, 1.82) is 0 Å². The Morgan fingerprint density at radius 1 is 1.57 bits per heavy atom. The zero-order valence-corrected chi connectivity index (χ0v) is 13.7. The zero-order valence-electron chi connectivity index (χ0n) is 13.7. The summed E-state index contributed by atoms with van der Waals surface area (Å²) in [6.45, 7) is 6.79. The number of piperidine rings is 1.